The average Bonchev–Trinajstić information content (AvgIpc) is 2.73. The number of nitrogens with zero attached hydrogens (tertiary/aromatic N) is 2. The normalized spacial score (nSPS) is 10.6. The zero-order chi connectivity index (χ0) is 13.1. The lowest BCUT2D eigenvalue weighted by atomic mass is 10.1. The molecule has 2 aromatic rings. The maximum Gasteiger partial charge on any atom is 0.352 e. The molecule has 0 atom stereocenters. The van der Waals surface area contributed by atoms with Gasteiger partial charge in [0.1, 0.15) is 5.69 Å². The van der Waals surface area contributed by atoms with Crippen LogP contribution in [0.3, 0.4) is 0 Å². The Hall–Kier alpha value is -2.10. The summed E-state index contributed by atoms with van der Waals surface area (Å²) in [5, 5.41) is 9.17. The monoisotopic (exact) mass is 244 g/mol. The molecule has 2 rings (SSSR count). The molecule has 0 aliphatic rings. The van der Waals surface area contributed by atoms with Crippen LogP contribution in [0.5, 0.6) is 0 Å². The van der Waals surface area contributed by atoms with Crippen molar-refractivity contribution in [2.24, 2.45) is 0 Å². The van der Waals surface area contributed by atoms with Crippen molar-refractivity contribution in [1.29, 1.82) is 0 Å². The van der Waals surface area contributed by atoms with Gasteiger partial charge in [0.05, 0.1) is 5.69 Å². The first-order valence-electron chi connectivity index (χ1n) is 5.98. The molecule has 1 N–H and O–H groups in total. The first-order chi connectivity index (χ1) is 8.63. The molecular weight excluding hydrogens is 228 g/mol. The highest BCUT2D eigenvalue weighted by atomic mass is 16.4. The summed E-state index contributed by atoms with van der Waals surface area (Å²) in [5.41, 5.74) is 3.25. The number of carbonyl (C=O) groups is 1. The molecule has 0 aliphatic carbocycles. The van der Waals surface area contributed by atoms with Gasteiger partial charge in [0, 0.05) is 24.5 Å². The molecule has 0 saturated carbocycles. The van der Waals surface area contributed by atoms with E-state index in [0.29, 0.717) is 12.2 Å². The van der Waals surface area contributed by atoms with Gasteiger partial charge in [0.2, 0.25) is 0 Å². The molecule has 4 nitrogen and oxygen atoms in total. The standard InChI is InChI=1S/C14H16N2O2/c1-3-6-16-12(4-5-13(16)14(17)18)11-7-10(2)8-15-9-11/h4-5,7-9H,3,6H2,1-2H3,(H,17,18). The summed E-state index contributed by atoms with van der Waals surface area (Å²) in [6, 6.07) is 5.51. The van der Waals surface area contributed by atoms with Gasteiger partial charge in [-0.1, -0.05) is 6.92 Å². The zero-order valence-electron chi connectivity index (χ0n) is 10.6. The highest BCUT2D eigenvalue weighted by molar-refractivity contribution is 5.87. The molecule has 2 heterocycles. The fourth-order valence-corrected chi connectivity index (χ4v) is 2.07. The lowest BCUT2D eigenvalue weighted by Crippen LogP contribution is -2.09. The van der Waals surface area contributed by atoms with E-state index in [9.17, 15) is 9.90 Å². The van der Waals surface area contributed by atoms with E-state index in [2.05, 4.69) is 4.98 Å². The fourth-order valence-electron chi connectivity index (χ4n) is 2.07. The Labute approximate surface area is 106 Å². The van der Waals surface area contributed by atoms with Crippen molar-refractivity contribution in [2.75, 3.05) is 0 Å². The predicted molar refractivity (Wildman–Crippen MR) is 69.7 cm³/mol. The second-order valence-corrected chi connectivity index (χ2v) is 4.31. The van der Waals surface area contributed by atoms with E-state index in [-0.39, 0.29) is 0 Å². The number of pyridine rings is 1. The highest BCUT2D eigenvalue weighted by Gasteiger charge is 2.14. The summed E-state index contributed by atoms with van der Waals surface area (Å²) in [7, 11) is 0. The largest absolute Gasteiger partial charge is 0.477 e. The van der Waals surface area contributed by atoms with E-state index in [1.807, 2.05) is 30.5 Å². The Bertz CT molecular complexity index is 573. The number of aryl methyl sites for hydroxylation is 1. The first-order valence-corrected chi connectivity index (χ1v) is 5.98. The second kappa shape index (κ2) is 5.04. The number of rotatable bonds is 4. The van der Waals surface area contributed by atoms with E-state index in [1.165, 1.54) is 0 Å². The minimum atomic E-state index is -0.893. The van der Waals surface area contributed by atoms with E-state index in [4.69, 9.17) is 0 Å². The maximum atomic E-state index is 11.2. The van der Waals surface area contributed by atoms with Crippen LogP contribution in [0.15, 0.2) is 30.6 Å². The average molecular weight is 244 g/mol. The molecule has 0 aromatic carbocycles. The van der Waals surface area contributed by atoms with Crippen molar-refractivity contribution in [1.82, 2.24) is 9.55 Å². The first kappa shape index (κ1) is 12.4. The minimum Gasteiger partial charge on any atom is -0.477 e. The van der Waals surface area contributed by atoms with Crippen LogP contribution in [-0.2, 0) is 6.54 Å². The quantitative estimate of drug-likeness (QED) is 0.899. The van der Waals surface area contributed by atoms with Crippen molar-refractivity contribution >= 4 is 5.97 Å². The van der Waals surface area contributed by atoms with Crippen molar-refractivity contribution in [3.8, 4) is 11.3 Å². The van der Waals surface area contributed by atoms with E-state index >= 15 is 0 Å². The Morgan fingerprint density at radius 1 is 1.39 bits per heavy atom. The molecule has 0 amide bonds. The van der Waals surface area contributed by atoms with Gasteiger partial charge in [-0.2, -0.15) is 0 Å². The number of carboxylic acid groups (broad SMARTS) is 1. The van der Waals surface area contributed by atoms with Crippen LogP contribution in [0.4, 0.5) is 0 Å². The van der Waals surface area contributed by atoms with Crippen LogP contribution in [-0.4, -0.2) is 20.6 Å². The van der Waals surface area contributed by atoms with Crippen molar-refractivity contribution in [3.63, 3.8) is 0 Å². The SMILES string of the molecule is CCCn1c(C(=O)O)ccc1-c1cncc(C)c1. The molecule has 0 fully saturated rings. The van der Waals surface area contributed by atoms with Gasteiger partial charge in [-0.05, 0) is 37.1 Å². The van der Waals surface area contributed by atoms with Crippen LogP contribution in [0.25, 0.3) is 11.3 Å². The molecular formula is C14H16N2O2. The number of aromatic carboxylic acids is 1. The Morgan fingerprint density at radius 3 is 2.78 bits per heavy atom. The van der Waals surface area contributed by atoms with Crippen LogP contribution in [0.1, 0.15) is 29.4 Å². The van der Waals surface area contributed by atoms with Crippen LogP contribution in [0, 0.1) is 6.92 Å². The van der Waals surface area contributed by atoms with Crippen LogP contribution >= 0.6 is 0 Å². The van der Waals surface area contributed by atoms with E-state index in [0.717, 1.165) is 23.2 Å². The van der Waals surface area contributed by atoms with Crippen LogP contribution < -0.4 is 0 Å². The Balaban J connectivity index is 2.54. The zero-order valence-corrected chi connectivity index (χ0v) is 10.6. The smallest absolute Gasteiger partial charge is 0.352 e. The van der Waals surface area contributed by atoms with Gasteiger partial charge in [0.15, 0.2) is 0 Å². The molecule has 0 unspecified atom stereocenters. The molecule has 4 heteroatoms. The van der Waals surface area contributed by atoms with Gasteiger partial charge < -0.3 is 9.67 Å². The fraction of sp³-hybridized carbons (Fsp3) is 0.286. The highest BCUT2D eigenvalue weighted by Crippen LogP contribution is 2.23. The van der Waals surface area contributed by atoms with Crippen molar-refractivity contribution in [3.05, 3.63) is 41.9 Å². The molecule has 0 bridgehead atoms. The minimum absolute atomic E-state index is 0.327. The second-order valence-electron chi connectivity index (χ2n) is 4.31. The molecule has 94 valence electrons. The Morgan fingerprint density at radius 2 is 2.17 bits per heavy atom. The summed E-state index contributed by atoms with van der Waals surface area (Å²) in [5.74, 6) is -0.893. The summed E-state index contributed by atoms with van der Waals surface area (Å²) in [6.45, 7) is 4.70. The third-order valence-electron chi connectivity index (χ3n) is 2.82. The summed E-state index contributed by atoms with van der Waals surface area (Å²) < 4.78 is 1.83. The molecule has 0 spiro atoms. The molecule has 2 aromatic heterocycles. The summed E-state index contributed by atoms with van der Waals surface area (Å²) in [4.78, 5) is 15.3. The van der Waals surface area contributed by atoms with Gasteiger partial charge in [-0.3, -0.25) is 4.98 Å². The van der Waals surface area contributed by atoms with Crippen LogP contribution in [0.2, 0.25) is 0 Å². The number of hydrogen-bond donors (Lipinski definition) is 1. The maximum absolute atomic E-state index is 11.2. The lowest BCUT2D eigenvalue weighted by Gasteiger charge is -2.10. The summed E-state index contributed by atoms with van der Waals surface area (Å²) in [6.07, 6.45) is 4.44. The van der Waals surface area contributed by atoms with Gasteiger partial charge in [-0.25, -0.2) is 4.79 Å². The summed E-state index contributed by atoms with van der Waals surface area (Å²) >= 11 is 0. The molecule has 0 aliphatic heterocycles. The van der Waals surface area contributed by atoms with Crippen molar-refractivity contribution < 1.29 is 9.90 Å². The van der Waals surface area contributed by atoms with Gasteiger partial charge in [-0.15, -0.1) is 0 Å². The number of carboxylic acids is 1. The van der Waals surface area contributed by atoms with E-state index < -0.39 is 5.97 Å². The third kappa shape index (κ3) is 2.27. The lowest BCUT2D eigenvalue weighted by molar-refractivity contribution is 0.0685. The number of aromatic nitrogens is 2. The number of hydrogen-bond acceptors (Lipinski definition) is 2. The van der Waals surface area contributed by atoms with Crippen molar-refractivity contribution in [2.45, 2.75) is 26.8 Å². The Kier molecular flexibility index (Phi) is 3.46. The van der Waals surface area contributed by atoms with E-state index in [1.54, 1.807) is 18.5 Å². The topological polar surface area (TPSA) is 55.1 Å². The third-order valence-corrected chi connectivity index (χ3v) is 2.82. The molecule has 0 radical (unpaired) electrons. The van der Waals surface area contributed by atoms with Gasteiger partial charge >= 0.3 is 5.97 Å². The molecule has 0 saturated heterocycles. The molecule has 18 heavy (non-hydrogen) atoms. The van der Waals surface area contributed by atoms with Gasteiger partial charge in [0.25, 0.3) is 0 Å². The predicted octanol–water partition coefficient (Wildman–Crippen LogP) is 2.97.